The van der Waals surface area contributed by atoms with Crippen LogP contribution in [-0.2, 0) is 0 Å². The fraction of sp³-hybridized carbons (Fsp3) is 0.400. The average Bonchev–Trinajstić information content (AvgIpc) is 2.35. The molecule has 12 heavy (non-hydrogen) atoms. The van der Waals surface area contributed by atoms with Crippen LogP contribution < -0.4 is 5.73 Å². The Morgan fingerprint density at radius 3 is 2.67 bits per heavy atom. The first kappa shape index (κ1) is 9.07. The standard InChI is InChI=1S/C10H15NO/c1-7(9(3)11)6-10-5-4-8(2)12-10/h4-6,9H,11H2,1-3H3/b7-6+. The SMILES string of the molecule is C/C(=C\c1ccc(C)o1)C(C)N. The number of rotatable bonds is 2. The Bertz CT molecular complexity index is 284. The molecule has 66 valence electrons. The molecule has 1 heterocycles. The summed E-state index contributed by atoms with van der Waals surface area (Å²) >= 11 is 0. The van der Waals surface area contributed by atoms with Gasteiger partial charge in [-0.25, -0.2) is 0 Å². The van der Waals surface area contributed by atoms with Crippen molar-refractivity contribution in [1.29, 1.82) is 0 Å². The van der Waals surface area contributed by atoms with E-state index in [-0.39, 0.29) is 6.04 Å². The van der Waals surface area contributed by atoms with Gasteiger partial charge < -0.3 is 10.2 Å². The molecule has 2 nitrogen and oxygen atoms in total. The Labute approximate surface area is 73.1 Å². The van der Waals surface area contributed by atoms with Crippen LogP contribution >= 0.6 is 0 Å². The van der Waals surface area contributed by atoms with Gasteiger partial charge >= 0.3 is 0 Å². The van der Waals surface area contributed by atoms with Crippen LogP contribution in [-0.4, -0.2) is 6.04 Å². The Balaban J connectivity index is 2.80. The normalized spacial score (nSPS) is 14.8. The lowest BCUT2D eigenvalue weighted by Gasteiger charge is -2.02. The van der Waals surface area contributed by atoms with Gasteiger partial charge in [-0.2, -0.15) is 0 Å². The quantitative estimate of drug-likeness (QED) is 0.730. The summed E-state index contributed by atoms with van der Waals surface area (Å²) in [6.45, 7) is 5.89. The molecule has 0 aromatic carbocycles. The highest BCUT2D eigenvalue weighted by Gasteiger charge is 1.99. The molecule has 1 rings (SSSR count). The minimum Gasteiger partial charge on any atom is -0.462 e. The highest BCUT2D eigenvalue weighted by molar-refractivity contribution is 5.48. The van der Waals surface area contributed by atoms with Gasteiger partial charge in [-0.05, 0) is 39.0 Å². The van der Waals surface area contributed by atoms with E-state index in [2.05, 4.69) is 0 Å². The van der Waals surface area contributed by atoms with E-state index in [1.54, 1.807) is 0 Å². The zero-order valence-electron chi connectivity index (χ0n) is 7.79. The third-order valence-corrected chi connectivity index (χ3v) is 1.85. The minimum absolute atomic E-state index is 0.0930. The molecule has 2 heteroatoms. The van der Waals surface area contributed by atoms with E-state index in [1.165, 1.54) is 0 Å². The maximum absolute atomic E-state index is 5.68. The van der Waals surface area contributed by atoms with Crippen LogP contribution in [0.3, 0.4) is 0 Å². The van der Waals surface area contributed by atoms with Gasteiger partial charge in [0.1, 0.15) is 11.5 Å². The van der Waals surface area contributed by atoms with Crippen molar-refractivity contribution < 1.29 is 4.42 Å². The van der Waals surface area contributed by atoms with Crippen molar-refractivity contribution in [1.82, 2.24) is 0 Å². The third kappa shape index (κ3) is 2.24. The second-order valence-electron chi connectivity index (χ2n) is 3.13. The third-order valence-electron chi connectivity index (χ3n) is 1.85. The fourth-order valence-electron chi connectivity index (χ4n) is 0.887. The zero-order chi connectivity index (χ0) is 9.14. The highest BCUT2D eigenvalue weighted by atomic mass is 16.3. The van der Waals surface area contributed by atoms with Gasteiger partial charge in [-0.15, -0.1) is 0 Å². The predicted molar refractivity (Wildman–Crippen MR) is 50.7 cm³/mol. The van der Waals surface area contributed by atoms with Crippen LogP contribution in [0.2, 0.25) is 0 Å². The number of furan rings is 1. The van der Waals surface area contributed by atoms with Crippen LogP contribution in [0, 0.1) is 6.92 Å². The first-order valence-corrected chi connectivity index (χ1v) is 4.10. The molecule has 1 unspecified atom stereocenters. The molecule has 1 atom stereocenters. The van der Waals surface area contributed by atoms with Crippen molar-refractivity contribution in [3.05, 3.63) is 29.2 Å². The number of hydrogen-bond acceptors (Lipinski definition) is 2. The second kappa shape index (κ2) is 3.59. The Morgan fingerprint density at radius 1 is 1.58 bits per heavy atom. The number of aryl methyl sites for hydroxylation is 1. The Morgan fingerprint density at radius 2 is 2.25 bits per heavy atom. The molecule has 0 saturated heterocycles. The molecule has 0 fully saturated rings. The molecule has 0 aliphatic rings. The summed E-state index contributed by atoms with van der Waals surface area (Å²) in [6, 6.07) is 3.98. The fourth-order valence-corrected chi connectivity index (χ4v) is 0.887. The van der Waals surface area contributed by atoms with E-state index >= 15 is 0 Å². The van der Waals surface area contributed by atoms with E-state index in [0.29, 0.717) is 0 Å². The number of hydrogen-bond donors (Lipinski definition) is 1. The van der Waals surface area contributed by atoms with Crippen molar-refractivity contribution >= 4 is 6.08 Å². The summed E-state index contributed by atoms with van der Waals surface area (Å²) in [5.41, 5.74) is 6.81. The molecule has 0 radical (unpaired) electrons. The topological polar surface area (TPSA) is 39.2 Å². The van der Waals surface area contributed by atoms with E-state index in [9.17, 15) is 0 Å². The first-order valence-electron chi connectivity index (χ1n) is 4.10. The molecule has 0 bridgehead atoms. The molecule has 1 aromatic heterocycles. The molecule has 0 amide bonds. The molecule has 0 spiro atoms. The lowest BCUT2D eigenvalue weighted by Crippen LogP contribution is -2.15. The summed E-state index contributed by atoms with van der Waals surface area (Å²) in [4.78, 5) is 0. The monoisotopic (exact) mass is 165 g/mol. The van der Waals surface area contributed by atoms with E-state index in [4.69, 9.17) is 10.2 Å². The molecule has 2 N–H and O–H groups in total. The van der Waals surface area contributed by atoms with Crippen LogP contribution in [0.4, 0.5) is 0 Å². The maximum Gasteiger partial charge on any atom is 0.127 e. The maximum atomic E-state index is 5.68. The van der Waals surface area contributed by atoms with Crippen molar-refractivity contribution in [3.8, 4) is 0 Å². The van der Waals surface area contributed by atoms with Crippen molar-refractivity contribution in [2.24, 2.45) is 5.73 Å². The summed E-state index contributed by atoms with van der Waals surface area (Å²) in [7, 11) is 0. The average molecular weight is 165 g/mol. The second-order valence-corrected chi connectivity index (χ2v) is 3.13. The smallest absolute Gasteiger partial charge is 0.127 e. The summed E-state index contributed by atoms with van der Waals surface area (Å²) in [6.07, 6.45) is 1.97. The van der Waals surface area contributed by atoms with E-state index < -0.39 is 0 Å². The predicted octanol–water partition coefficient (Wildman–Crippen LogP) is 2.34. The summed E-state index contributed by atoms with van der Waals surface area (Å²) in [5, 5.41) is 0. The Hall–Kier alpha value is -1.02. The van der Waals surface area contributed by atoms with Crippen LogP contribution in [0.15, 0.2) is 22.1 Å². The van der Waals surface area contributed by atoms with E-state index in [0.717, 1.165) is 17.1 Å². The minimum atomic E-state index is 0.0930. The molecule has 0 aliphatic carbocycles. The lowest BCUT2D eigenvalue weighted by molar-refractivity contribution is 0.524. The van der Waals surface area contributed by atoms with Crippen LogP contribution in [0.1, 0.15) is 25.4 Å². The van der Waals surface area contributed by atoms with Gasteiger partial charge in [0.05, 0.1) is 0 Å². The molecule has 0 aliphatic heterocycles. The largest absolute Gasteiger partial charge is 0.462 e. The zero-order valence-corrected chi connectivity index (χ0v) is 7.79. The van der Waals surface area contributed by atoms with Crippen molar-refractivity contribution in [2.75, 3.05) is 0 Å². The van der Waals surface area contributed by atoms with E-state index in [1.807, 2.05) is 39.0 Å². The molecular weight excluding hydrogens is 150 g/mol. The van der Waals surface area contributed by atoms with Gasteiger partial charge in [0.2, 0.25) is 0 Å². The van der Waals surface area contributed by atoms with Gasteiger partial charge in [-0.1, -0.05) is 5.57 Å². The van der Waals surface area contributed by atoms with Gasteiger partial charge in [0.25, 0.3) is 0 Å². The number of nitrogens with two attached hydrogens (primary N) is 1. The van der Waals surface area contributed by atoms with Gasteiger partial charge in [0.15, 0.2) is 0 Å². The van der Waals surface area contributed by atoms with Crippen molar-refractivity contribution in [3.63, 3.8) is 0 Å². The first-order chi connectivity index (χ1) is 5.59. The molecule has 1 aromatic rings. The Kier molecular flexibility index (Phi) is 2.71. The van der Waals surface area contributed by atoms with Crippen LogP contribution in [0.5, 0.6) is 0 Å². The summed E-state index contributed by atoms with van der Waals surface area (Å²) < 4.78 is 5.37. The van der Waals surface area contributed by atoms with Crippen molar-refractivity contribution in [2.45, 2.75) is 26.8 Å². The van der Waals surface area contributed by atoms with Crippen LogP contribution in [0.25, 0.3) is 6.08 Å². The molecular formula is C10H15NO. The lowest BCUT2D eigenvalue weighted by atomic mass is 10.1. The highest BCUT2D eigenvalue weighted by Crippen LogP contribution is 2.11. The molecule has 0 saturated carbocycles. The van der Waals surface area contributed by atoms with Gasteiger partial charge in [0, 0.05) is 6.04 Å². The van der Waals surface area contributed by atoms with Gasteiger partial charge in [-0.3, -0.25) is 0 Å². The summed E-state index contributed by atoms with van der Waals surface area (Å²) in [5.74, 6) is 1.81.